The van der Waals surface area contributed by atoms with Crippen LogP contribution in [0.5, 0.6) is 5.75 Å². The van der Waals surface area contributed by atoms with Gasteiger partial charge in [0, 0.05) is 43.0 Å². The predicted molar refractivity (Wildman–Crippen MR) is 153 cm³/mol. The van der Waals surface area contributed by atoms with E-state index in [1.54, 1.807) is 61.7 Å². The molecule has 0 amide bonds. The highest BCUT2D eigenvalue weighted by molar-refractivity contribution is 7.91. The molecule has 2 N–H and O–H groups in total. The van der Waals surface area contributed by atoms with Crippen molar-refractivity contribution in [2.24, 2.45) is 0 Å². The SMILES string of the molecule is COc1cc2ncnc(Nc3ccc(S(=O)(=O)c4ccccc4)cc3)c2cc1NCCN(C)CCS(C)(=O)=O. The number of aromatic nitrogens is 2. The summed E-state index contributed by atoms with van der Waals surface area (Å²) in [4.78, 5) is 11.1. The molecule has 0 saturated carbocycles. The van der Waals surface area contributed by atoms with Crippen LogP contribution in [0.2, 0.25) is 0 Å². The lowest BCUT2D eigenvalue weighted by Gasteiger charge is -2.18. The summed E-state index contributed by atoms with van der Waals surface area (Å²) in [5.74, 6) is 1.27. The molecule has 1 aromatic heterocycles. The molecule has 3 aromatic carbocycles. The number of hydrogen-bond donors (Lipinski definition) is 2. The van der Waals surface area contributed by atoms with Crippen molar-refractivity contribution < 1.29 is 21.6 Å². The van der Waals surface area contributed by atoms with Crippen molar-refractivity contribution in [2.45, 2.75) is 9.79 Å². The number of hydrogen-bond acceptors (Lipinski definition) is 10. The lowest BCUT2D eigenvalue weighted by molar-refractivity contribution is 0.367. The minimum atomic E-state index is -3.61. The molecule has 1 heterocycles. The third-order valence-corrected chi connectivity index (χ3v) is 8.80. The number of anilines is 3. The largest absolute Gasteiger partial charge is 0.495 e. The topological polar surface area (TPSA) is 131 Å². The molecule has 0 unspecified atom stereocenters. The van der Waals surface area contributed by atoms with Crippen LogP contribution in [-0.2, 0) is 19.7 Å². The van der Waals surface area contributed by atoms with Gasteiger partial charge < -0.3 is 20.3 Å². The van der Waals surface area contributed by atoms with Crippen LogP contribution in [0.15, 0.2) is 82.8 Å². The van der Waals surface area contributed by atoms with Gasteiger partial charge in [0.2, 0.25) is 9.84 Å². The highest BCUT2D eigenvalue weighted by Crippen LogP contribution is 2.33. The molecule has 0 aliphatic carbocycles. The van der Waals surface area contributed by atoms with Crippen LogP contribution in [0.4, 0.5) is 17.2 Å². The van der Waals surface area contributed by atoms with Crippen molar-refractivity contribution in [3.63, 3.8) is 0 Å². The van der Waals surface area contributed by atoms with Crippen molar-refractivity contribution in [3.8, 4) is 5.75 Å². The molecule has 4 aromatic rings. The van der Waals surface area contributed by atoms with Crippen LogP contribution < -0.4 is 15.4 Å². The van der Waals surface area contributed by atoms with Crippen molar-refractivity contribution in [1.82, 2.24) is 14.9 Å². The van der Waals surface area contributed by atoms with E-state index in [9.17, 15) is 16.8 Å². The number of nitrogens with one attached hydrogen (secondary N) is 2. The predicted octanol–water partition coefficient (Wildman–Crippen LogP) is 3.60. The second-order valence-electron chi connectivity index (χ2n) is 9.12. The normalized spacial score (nSPS) is 12.0. The summed E-state index contributed by atoms with van der Waals surface area (Å²) < 4.78 is 54.2. The minimum Gasteiger partial charge on any atom is -0.495 e. The summed E-state index contributed by atoms with van der Waals surface area (Å²) in [6, 6.07) is 18.5. The van der Waals surface area contributed by atoms with Gasteiger partial charge in [-0.15, -0.1) is 0 Å². The van der Waals surface area contributed by atoms with E-state index in [4.69, 9.17) is 4.74 Å². The van der Waals surface area contributed by atoms with Gasteiger partial charge in [-0.2, -0.15) is 0 Å². The maximum absolute atomic E-state index is 12.9. The molecule has 39 heavy (non-hydrogen) atoms. The fraction of sp³-hybridized carbons (Fsp3) is 0.259. The van der Waals surface area contributed by atoms with Gasteiger partial charge in [0.05, 0.1) is 33.9 Å². The zero-order valence-electron chi connectivity index (χ0n) is 22.0. The second-order valence-corrected chi connectivity index (χ2v) is 13.3. The first kappa shape index (κ1) is 28.3. The summed E-state index contributed by atoms with van der Waals surface area (Å²) in [6.07, 6.45) is 2.68. The quantitative estimate of drug-likeness (QED) is 0.261. The average Bonchev–Trinajstić information content (AvgIpc) is 2.92. The van der Waals surface area contributed by atoms with Gasteiger partial charge in [-0.1, -0.05) is 18.2 Å². The van der Waals surface area contributed by atoms with Crippen LogP contribution in [-0.4, -0.2) is 77.5 Å². The van der Waals surface area contributed by atoms with Crippen molar-refractivity contribution >= 4 is 47.8 Å². The molecular formula is C27H31N5O5S2. The van der Waals surface area contributed by atoms with Gasteiger partial charge in [0.15, 0.2) is 0 Å². The zero-order valence-corrected chi connectivity index (χ0v) is 23.6. The lowest BCUT2D eigenvalue weighted by atomic mass is 10.2. The molecule has 0 aliphatic heterocycles. The molecule has 0 aliphatic rings. The maximum Gasteiger partial charge on any atom is 0.206 e. The number of rotatable bonds is 12. The molecule has 0 spiro atoms. The summed E-state index contributed by atoms with van der Waals surface area (Å²) in [6.45, 7) is 1.64. The Kier molecular flexibility index (Phi) is 8.68. The van der Waals surface area contributed by atoms with Gasteiger partial charge in [-0.25, -0.2) is 26.8 Å². The molecule has 0 saturated heterocycles. The second kappa shape index (κ2) is 12.0. The van der Waals surface area contributed by atoms with Crippen LogP contribution in [0.3, 0.4) is 0 Å². The molecule has 10 nitrogen and oxygen atoms in total. The van der Waals surface area contributed by atoms with Gasteiger partial charge in [-0.3, -0.25) is 0 Å². The van der Waals surface area contributed by atoms with Crippen LogP contribution >= 0.6 is 0 Å². The van der Waals surface area contributed by atoms with E-state index in [1.807, 2.05) is 24.1 Å². The van der Waals surface area contributed by atoms with E-state index in [2.05, 4.69) is 20.6 Å². The van der Waals surface area contributed by atoms with Gasteiger partial charge in [-0.05, 0) is 49.5 Å². The van der Waals surface area contributed by atoms with Gasteiger partial charge in [0.25, 0.3) is 0 Å². The summed E-state index contributed by atoms with van der Waals surface area (Å²) >= 11 is 0. The zero-order chi connectivity index (χ0) is 28.0. The number of sulfone groups is 2. The fourth-order valence-corrected chi connectivity index (χ4v) is 5.82. The van der Waals surface area contributed by atoms with Crippen LogP contribution in [0, 0.1) is 0 Å². The molecule has 0 bridgehead atoms. The van der Waals surface area contributed by atoms with Crippen molar-refractivity contribution in [1.29, 1.82) is 0 Å². The Morgan fingerprint density at radius 2 is 1.59 bits per heavy atom. The first-order chi connectivity index (χ1) is 18.6. The Bertz CT molecular complexity index is 1650. The van der Waals surface area contributed by atoms with E-state index in [1.165, 1.54) is 12.6 Å². The van der Waals surface area contributed by atoms with Crippen molar-refractivity contribution in [3.05, 3.63) is 73.1 Å². The number of ether oxygens (including phenoxy) is 1. The lowest BCUT2D eigenvalue weighted by Crippen LogP contribution is -2.29. The Morgan fingerprint density at radius 3 is 2.26 bits per heavy atom. The van der Waals surface area contributed by atoms with Crippen LogP contribution in [0.25, 0.3) is 10.9 Å². The van der Waals surface area contributed by atoms with Crippen LogP contribution in [0.1, 0.15) is 0 Å². The third kappa shape index (κ3) is 7.22. The van der Waals surface area contributed by atoms with E-state index >= 15 is 0 Å². The first-order valence-electron chi connectivity index (χ1n) is 12.2. The highest BCUT2D eigenvalue weighted by Gasteiger charge is 2.17. The smallest absolute Gasteiger partial charge is 0.206 e. The monoisotopic (exact) mass is 569 g/mol. The fourth-order valence-electron chi connectivity index (χ4n) is 3.90. The van der Waals surface area contributed by atoms with Gasteiger partial charge >= 0.3 is 0 Å². The minimum absolute atomic E-state index is 0.105. The molecule has 12 heteroatoms. The third-order valence-electron chi connectivity index (χ3n) is 6.09. The molecule has 4 rings (SSSR count). The Balaban J connectivity index is 1.52. The molecular weight excluding hydrogens is 538 g/mol. The Morgan fingerprint density at radius 1 is 0.897 bits per heavy atom. The summed E-state index contributed by atoms with van der Waals surface area (Å²) in [5, 5.41) is 7.35. The number of benzene rings is 3. The standard InChI is InChI=1S/C27H31N5O5S2/c1-32(15-16-38(3,33)34)14-13-28-25-17-23-24(18-26(25)37-2)29-19-30-27(23)31-20-9-11-22(12-10-20)39(35,36)21-7-5-4-6-8-21/h4-12,17-19,28H,13-16H2,1-3H3,(H,29,30,31). The molecule has 0 fully saturated rings. The number of likely N-dealkylation sites (N-methyl/N-ethyl adjacent to an activating group) is 1. The Labute approximate surface area is 228 Å². The highest BCUT2D eigenvalue weighted by atomic mass is 32.2. The van der Waals surface area contributed by atoms with E-state index in [-0.39, 0.29) is 15.5 Å². The summed E-state index contributed by atoms with van der Waals surface area (Å²) in [5.41, 5.74) is 2.08. The van der Waals surface area contributed by atoms with Gasteiger partial charge in [0.1, 0.15) is 27.7 Å². The van der Waals surface area contributed by atoms with E-state index in [0.717, 1.165) is 11.1 Å². The van der Waals surface area contributed by atoms with E-state index < -0.39 is 19.7 Å². The molecule has 0 atom stereocenters. The van der Waals surface area contributed by atoms with Crippen molar-refractivity contribution in [2.75, 3.05) is 56.4 Å². The molecule has 0 radical (unpaired) electrons. The molecule has 206 valence electrons. The maximum atomic E-state index is 12.9. The van der Waals surface area contributed by atoms with E-state index in [0.29, 0.717) is 42.4 Å². The average molecular weight is 570 g/mol. The number of nitrogens with zero attached hydrogens (tertiary/aromatic N) is 3. The Hall–Kier alpha value is -3.74. The first-order valence-corrected chi connectivity index (χ1v) is 15.7. The summed E-state index contributed by atoms with van der Waals surface area (Å²) in [7, 11) is -3.18. The number of fused-ring (bicyclic) bond motifs is 1. The number of methoxy groups -OCH3 is 1.